The third-order valence-electron chi connectivity index (χ3n) is 4.63. The number of halogens is 1. The molecule has 0 saturated heterocycles. The summed E-state index contributed by atoms with van der Waals surface area (Å²) in [5.41, 5.74) is 2.33. The number of rotatable bonds is 8. The van der Waals surface area contributed by atoms with Gasteiger partial charge in [0.2, 0.25) is 0 Å². The Morgan fingerprint density at radius 1 is 1.13 bits per heavy atom. The van der Waals surface area contributed by atoms with Crippen molar-refractivity contribution >= 4 is 17.5 Å². The number of nitrogens with one attached hydrogen (secondary N) is 1. The van der Waals surface area contributed by atoms with Crippen LogP contribution in [0.15, 0.2) is 47.0 Å². The molecule has 0 aliphatic carbocycles. The number of aromatic nitrogens is 1. The first-order valence-electron chi connectivity index (χ1n) is 9.87. The minimum Gasteiger partial charge on any atom is -0.490 e. The summed E-state index contributed by atoms with van der Waals surface area (Å²) in [4.78, 5) is 13.1. The van der Waals surface area contributed by atoms with Crippen molar-refractivity contribution in [3.8, 4) is 22.8 Å². The van der Waals surface area contributed by atoms with Gasteiger partial charge >= 0.3 is 0 Å². The molecule has 0 bridgehead atoms. The standard InChI is InChI=1S/C23H25ClN2O4/c1-5-28-19-12-11-16(13-20(19)29-6-2)14(3)25-23(27)21-15(4)30-26-22(21)17-9-7-8-10-18(17)24/h7-14H,5-6H2,1-4H3,(H,25,27). The summed E-state index contributed by atoms with van der Waals surface area (Å²) in [5.74, 6) is 1.47. The van der Waals surface area contributed by atoms with Gasteiger partial charge in [0, 0.05) is 5.56 Å². The molecular formula is C23H25ClN2O4. The number of benzene rings is 2. The number of nitrogens with zero attached hydrogens (tertiary/aromatic N) is 1. The molecule has 2 aromatic carbocycles. The summed E-state index contributed by atoms with van der Waals surface area (Å²) in [6.07, 6.45) is 0. The quantitative estimate of drug-likeness (QED) is 0.506. The predicted molar refractivity (Wildman–Crippen MR) is 116 cm³/mol. The summed E-state index contributed by atoms with van der Waals surface area (Å²) in [5, 5.41) is 7.57. The molecule has 7 heteroatoms. The molecule has 1 amide bonds. The Bertz CT molecular complexity index is 1030. The lowest BCUT2D eigenvalue weighted by atomic mass is 10.0. The molecule has 3 rings (SSSR count). The molecule has 3 aromatic rings. The van der Waals surface area contributed by atoms with Gasteiger partial charge in [0.05, 0.1) is 24.3 Å². The average molecular weight is 429 g/mol. The molecule has 0 radical (unpaired) electrons. The Balaban J connectivity index is 1.86. The van der Waals surface area contributed by atoms with Crippen LogP contribution in [-0.4, -0.2) is 24.3 Å². The van der Waals surface area contributed by atoms with Crippen LogP contribution < -0.4 is 14.8 Å². The molecule has 0 aliphatic heterocycles. The van der Waals surface area contributed by atoms with Crippen LogP contribution in [0.1, 0.15) is 48.5 Å². The van der Waals surface area contributed by atoms with Gasteiger partial charge in [-0.15, -0.1) is 0 Å². The van der Waals surface area contributed by atoms with E-state index in [-0.39, 0.29) is 11.9 Å². The Hall–Kier alpha value is -2.99. The second kappa shape index (κ2) is 9.67. The van der Waals surface area contributed by atoms with E-state index >= 15 is 0 Å². The van der Waals surface area contributed by atoms with Gasteiger partial charge in [-0.05, 0) is 51.5 Å². The Kier molecular flexibility index (Phi) is 7.00. The molecule has 1 atom stereocenters. The smallest absolute Gasteiger partial charge is 0.257 e. The molecule has 1 unspecified atom stereocenters. The van der Waals surface area contributed by atoms with E-state index < -0.39 is 0 Å². The number of hydrogen-bond donors (Lipinski definition) is 1. The molecule has 158 valence electrons. The highest BCUT2D eigenvalue weighted by atomic mass is 35.5. The molecule has 0 fully saturated rings. The topological polar surface area (TPSA) is 73.6 Å². The number of ether oxygens (including phenoxy) is 2. The van der Waals surface area contributed by atoms with E-state index in [9.17, 15) is 4.79 Å². The molecule has 6 nitrogen and oxygen atoms in total. The average Bonchev–Trinajstić information content (AvgIpc) is 3.11. The van der Waals surface area contributed by atoms with Crippen molar-refractivity contribution in [2.24, 2.45) is 0 Å². The first-order valence-corrected chi connectivity index (χ1v) is 10.3. The van der Waals surface area contributed by atoms with Crippen LogP contribution >= 0.6 is 11.6 Å². The summed E-state index contributed by atoms with van der Waals surface area (Å²) in [7, 11) is 0. The van der Waals surface area contributed by atoms with Crippen molar-refractivity contribution in [2.45, 2.75) is 33.7 Å². The first kappa shape index (κ1) is 21.7. The Labute approximate surface area is 181 Å². The summed E-state index contributed by atoms with van der Waals surface area (Å²) in [6.45, 7) is 8.51. The van der Waals surface area contributed by atoms with Gasteiger partial charge in [-0.2, -0.15) is 0 Å². The van der Waals surface area contributed by atoms with Crippen LogP contribution in [0.3, 0.4) is 0 Å². The predicted octanol–water partition coefficient (Wildman–Crippen LogP) is 5.59. The zero-order chi connectivity index (χ0) is 21.7. The molecule has 0 spiro atoms. The fraction of sp³-hybridized carbons (Fsp3) is 0.304. The minimum absolute atomic E-state index is 0.277. The maximum Gasteiger partial charge on any atom is 0.257 e. The monoisotopic (exact) mass is 428 g/mol. The van der Waals surface area contributed by atoms with Gasteiger partial charge < -0.3 is 19.3 Å². The van der Waals surface area contributed by atoms with E-state index in [2.05, 4.69) is 10.5 Å². The van der Waals surface area contributed by atoms with Gasteiger partial charge in [0.1, 0.15) is 17.0 Å². The number of aryl methyl sites for hydroxylation is 1. The van der Waals surface area contributed by atoms with Crippen LogP contribution in [0.2, 0.25) is 5.02 Å². The number of carbonyl (C=O) groups excluding carboxylic acids is 1. The lowest BCUT2D eigenvalue weighted by Gasteiger charge is -2.17. The maximum atomic E-state index is 13.1. The van der Waals surface area contributed by atoms with Crippen molar-refractivity contribution in [1.29, 1.82) is 0 Å². The third kappa shape index (κ3) is 4.60. The van der Waals surface area contributed by atoms with Gasteiger partial charge in [-0.3, -0.25) is 4.79 Å². The van der Waals surface area contributed by atoms with E-state index in [1.165, 1.54) is 0 Å². The van der Waals surface area contributed by atoms with Crippen molar-refractivity contribution in [3.63, 3.8) is 0 Å². The van der Waals surface area contributed by atoms with E-state index in [0.29, 0.717) is 52.3 Å². The van der Waals surface area contributed by atoms with E-state index in [0.717, 1.165) is 5.56 Å². The van der Waals surface area contributed by atoms with Crippen molar-refractivity contribution in [1.82, 2.24) is 10.5 Å². The fourth-order valence-electron chi connectivity index (χ4n) is 3.17. The van der Waals surface area contributed by atoms with Crippen molar-refractivity contribution in [2.75, 3.05) is 13.2 Å². The van der Waals surface area contributed by atoms with Crippen molar-refractivity contribution < 1.29 is 18.8 Å². The number of amides is 1. The van der Waals surface area contributed by atoms with Crippen LogP contribution in [0.4, 0.5) is 0 Å². The largest absolute Gasteiger partial charge is 0.490 e. The van der Waals surface area contributed by atoms with Gasteiger partial charge in [-0.1, -0.05) is 41.0 Å². The molecule has 0 aliphatic rings. The van der Waals surface area contributed by atoms with Gasteiger partial charge in [0.25, 0.3) is 5.91 Å². The normalized spacial score (nSPS) is 11.8. The zero-order valence-corrected chi connectivity index (χ0v) is 18.2. The molecule has 30 heavy (non-hydrogen) atoms. The summed E-state index contributed by atoms with van der Waals surface area (Å²) < 4.78 is 16.6. The minimum atomic E-state index is -0.289. The molecule has 1 N–H and O–H groups in total. The number of carbonyl (C=O) groups is 1. The van der Waals surface area contributed by atoms with Crippen LogP contribution in [0, 0.1) is 6.92 Å². The lowest BCUT2D eigenvalue weighted by Crippen LogP contribution is -2.27. The first-order chi connectivity index (χ1) is 14.5. The summed E-state index contributed by atoms with van der Waals surface area (Å²) in [6, 6.07) is 12.6. The number of hydrogen-bond acceptors (Lipinski definition) is 5. The van der Waals surface area contributed by atoms with Gasteiger partial charge in [0.15, 0.2) is 11.5 Å². The Morgan fingerprint density at radius 2 is 1.83 bits per heavy atom. The maximum absolute atomic E-state index is 13.1. The molecular weight excluding hydrogens is 404 g/mol. The second-order valence-corrected chi connectivity index (χ2v) is 7.12. The van der Waals surface area contributed by atoms with E-state index in [1.54, 1.807) is 19.1 Å². The van der Waals surface area contributed by atoms with E-state index in [4.69, 9.17) is 25.6 Å². The second-order valence-electron chi connectivity index (χ2n) is 6.71. The highest BCUT2D eigenvalue weighted by Gasteiger charge is 2.24. The third-order valence-corrected chi connectivity index (χ3v) is 4.96. The lowest BCUT2D eigenvalue weighted by molar-refractivity contribution is 0.0939. The molecule has 1 heterocycles. The fourth-order valence-corrected chi connectivity index (χ4v) is 3.39. The Morgan fingerprint density at radius 3 is 2.53 bits per heavy atom. The van der Waals surface area contributed by atoms with Crippen LogP contribution in [0.25, 0.3) is 11.3 Å². The van der Waals surface area contributed by atoms with Crippen molar-refractivity contribution in [3.05, 3.63) is 64.4 Å². The van der Waals surface area contributed by atoms with Gasteiger partial charge in [-0.25, -0.2) is 0 Å². The summed E-state index contributed by atoms with van der Waals surface area (Å²) >= 11 is 6.29. The SMILES string of the molecule is CCOc1ccc(C(C)NC(=O)c2c(-c3ccccc3Cl)noc2C)cc1OCC. The molecule has 1 aromatic heterocycles. The highest BCUT2D eigenvalue weighted by Crippen LogP contribution is 2.33. The highest BCUT2D eigenvalue weighted by molar-refractivity contribution is 6.33. The van der Waals surface area contributed by atoms with Crippen LogP contribution in [-0.2, 0) is 0 Å². The van der Waals surface area contributed by atoms with E-state index in [1.807, 2.05) is 51.1 Å². The van der Waals surface area contributed by atoms with Crippen LogP contribution in [0.5, 0.6) is 11.5 Å². The molecule has 0 saturated carbocycles. The zero-order valence-electron chi connectivity index (χ0n) is 17.5.